The quantitative estimate of drug-likeness (QED) is 0.313. The fourth-order valence-corrected chi connectivity index (χ4v) is 4.37. The van der Waals surface area contributed by atoms with Crippen LogP contribution in [0.4, 0.5) is 0 Å². The fourth-order valence-electron chi connectivity index (χ4n) is 4.24. The highest BCUT2D eigenvalue weighted by atomic mass is 35.5. The third kappa shape index (κ3) is 5.58. The van der Waals surface area contributed by atoms with Crippen molar-refractivity contribution >= 4 is 22.7 Å². The van der Waals surface area contributed by atoms with Gasteiger partial charge in [-0.25, -0.2) is 0 Å². The maximum atomic E-state index is 13.5. The Morgan fingerprint density at radius 3 is 2.41 bits per heavy atom. The summed E-state index contributed by atoms with van der Waals surface area (Å²) in [6.07, 6.45) is 2.34. The molecule has 7 heteroatoms. The summed E-state index contributed by atoms with van der Waals surface area (Å²) in [5.74, 6) is 0.728. The molecule has 0 aliphatic heterocycles. The second kappa shape index (κ2) is 11.0. The van der Waals surface area contributed by atoms with Gasteiger partial charge in [0, 0.05) is 24.7 Å². The van der Waals surface area contributed by atoms with E-state index < -0.39 is 0 Å². The maximum absolute atomic E-state index is 13.5. The third-order valence-corrected chi connectivity index (χ3v) is 6.31. The molecule has 178 valence electrons. The Labute approximate surface area is 205 Å². The first-order valence-corrected chi connectivity index (χ1v) is 12.0. The highest BCUT2D eigenvalue weighted by Crippen LogP contribution is 2.26. The van der Waals surface area contributed by atoms with Crippen LogP contribution in [-0.4, -0.2) is 46.5 Å². The lowest BCUT2D eigenvalue weighted by Crippen LogP contribution is -2.38. The van der Waals surface area contributed by atoms with Gasteiger partial charge in [-0.3, -0.25) is 14.3 Å². The molecular formula is C27H31ClN4O2. The zero-order chi connectivity index (χ0) is 24.1. The minimum absolute atomic E-state index is 0.0680. The van der Waals surface area contributed by atoms with E-state index in [4.69, 9.17) is 21.0 Å². The monoisotopic (exact) mass is 478 g/mol. The summed E-state index contributed by atoms with van der Waals surface area (Å²) in [4.78, 5) is 23.0. The minimum atomic E-state index is -0.0740. The van der Waals surface area contributed by atoms with Crippen LogP contribution < -0.4 is 5.56 Å². The smallest absolute Gasteiger partial charge is 0.265 e. The SMILES string of the molecule is CCC(c1nc2occc2c(=O)n1Cc1ccccc1)N(CCN(C)C)Cc1ccc(Cl)cc1. The van der Waals surface area contributed by atoms with E-state index in [2.05, 4.69) is 43.0 Å². The summed E-state index contributed by atoms with van der Waals surface area (Å²) >= 11 is 6.12. The zero-order valence-corrected chi connectivity index (χ0v) is 20.7. The number of hydrogen-bond acceptors (Lipinski definition) is 5. The summed E-state index contributed by atoms with van der Waals surface area (Å²) in [5, 5.41) is 1.23. The van der Waals surface area contributed by atoms with Crippen molar-refractivity contribution in [2.75, 3.05) is 27.2 Å². The Bertz CT molecular complexity index is 1270. The lowest BCUT2D eigenvalue weighted by molar-refractivity contribution is 0.155. The molecule has 34 heavy (non-hydrogen) atoms. The second-order valence-electron chi connectivity index (χ2n) is 8.81. The number of likely N-dealkylation sites (N-methyl/N-ethyl adjacent to an activating group) is 1. The number of aromatic nitrogens is 2. The average molecular weight is 479 g/mol. The predicted octanol–water partition coefficient (Wildman–Crippen LogP) is 5.21. The van der Waals surface area contributed by atoms with Crippen LogP contribution in [0.1, 0.15) is 36.3 Å². The summed E-state index contributed by atoms with van der Waals surface area (Å²) in [5.41, 5.74) is 2.54. The molecule has 0 fully saturated rings. The Morgan fingerprint density at radius 2 is 1.74 bits per heavy atom. The molecule has 0 amide bonds. The largest absolute Gasteiger partial charge is 0.446 e. The topological polar surface area (TPSA) is 54.5 Å². The molecule has 0 aliphatic carbocycles. The Balaban J connectivity index is 1.79. The van der Waals surface area contributed by atoms with Gasteiger partial charge in [0.05, 0.1) is 18.8 Å². The molecule has 4 aromatic rings. The maximum Gasteiger partial charge on any atom is 0.265 e. The van der Waals surface area contributed by atoms with Gasteiger partial charge in [-0.15, -0.1) is 0 Å². The summed E-state index contributed by atoms with van der Waals surface area (Å²) in [6.45, 7) is 5.03. The van der Waals surface area contributed by atoms with Crippen LogP contribution in [0.25, 0.3) is 11.1 Å². The molecule has 0 radical (unpaired) electrons. The second-order valence-corrected chi connectivity index (χ2v) is 9.25. The van der Waals surface area contributed by atoms with Gasteiger partial charge in [0.15, 0.2) is 0 Å². The van der Waals surface area contributed by atoms with Crippen LogP contribution in [0.5, 0.6) is 0 Å². The van der Waals surface area contributed by atoms with Crippen molar-refractivity contribution in [1.29, 1.82) is 0 Å². The molecule has 1 unspecified atom stereocenters. The van der Waals surface area contributed by atoms with E-state index in [-0.39, 0.29) is 11.6 Å². The van der Waals surface area contributed by atoms with Crippen molar-refractivity contribution in [3.8, 4) is 0 Å². The number of furan rings is 1. The lowest BCUT2D eigenvalue weighted by Gasteiger charge is -2.33. The van der Waals surface area contributed by atoms with E-state index >= 15 is 0 Å². The van der Waals surface area contributed by atoms with Crippen LogP contribution in [0.2, 0.25) is 5.02 Å². The Hall–Kier alpha value is -2.93. The van der Waals surface area contributed by atoms with E-state index in [1.807, 2.05) is 47.0 Å². The standard InChI is InChI=1S/C27H31ClN4O2/c1-4-24(31(16-15-30(2)3)18-21-10-12-22(28)13-11-21)25-29-26-23(14-17-34-26)27(33)32(25)19-20-8-6-5-7-9-20/h5-14,17,24H,4,15-16,18-19H2,1-3H3. The molecule has 2 aromatic heterocycles. The number of benzene rings is 2. The summed E-state index contributed by atoms with van der Waals surface area (Å²) in [6, 6.07) is 19.6. The minimum Gasteiger partial charge on any atom is -0.446 e. The fraction of sp³-hybridized carbons (Fsp3) is 0.333. The molecule has 0 N–H and O–H groups in total. The van der Waals surface area contributed by atoms with E-state index in [0.717, 1.165) is 48.0 Å². The van der Waals surface area contributed by atoms with Crippen LogP contribution in [-0.2, 0) is 13.1 Å². The van der Waals surface area contributed by atoms with Gasteiger partial charge in [0.25, 0.3) is 5.56 Å². The van der Waals surface area contributed by atoms with Crippen molar-refractivity contribution in [3.05, 3.63) is 99.3 Å². The molecule has 2 aromatic carbocycles. The van der Waals surface area contributed by atoms with Gasteiger partial charge >= 0.3 is 0 Å². The highest BCUT2D eigenvalue weighted by molar-refractivity contribution is 6.30. The number of nitrogens with zero attached hydrogens (tertiary/aromatic N) is 4. The van der Waals surface area contributed by atoms with E-state index in [1.54, 1.807) is 6.07 Å². The van der Waals surface area contributed by atoms with Crippen LogP contribution in [0.3, 0.4) is 0 Å². The van der Waals surface area contributed by atoms with Crippen LogP contribution >= 0.6 is 11.6 Å². The van der Waals surface area contributed by atoms with E-state index in [0.29, 0.717) is 17.6 Å². The van der Waals surface area contributed by atoms with Crippen LogP contribution in [0.15, 0.2) is 76.1 Å². The predicted molar refractivity (Wildman–Crippen MR) is 137 cm³/mol. The molecule has 2 heterocycles. The Morgan fingerprint density at radius 1 is 1.00 bits per heavy atom. The molecule has 0 bridgehead atoms. The van der Waals surface area contributed by atoms with Gasteiger partial charge < -0.3 is 9.32 Å². The highest BCUT2D eigenvalue weighted by Gasteiger charge is 2.26. The normalized spacial score (nSPS) is 12.6. The van der Waals surface area contributed by atoms with Gasteiger partial charge in [0.1, 0.15) is 11.2 Å². The van der Waals surface area contributed by atoms with Gasteiger partial charge in [-0.05, 0) is 49.8 Å². The van der Waals surface area contributed by atoms with Gasteiger partial charge in [-0.2, -0.15) is 4.98 Å². The third-order valence-electron chi connectivity index (χ3n) is 6.06. The number of fused-ring (bicyclic) bond motifs is 1. The van der Waals surface area contributed by atoms with Crippen molar-refractivity contribution in [2.45, 2.75) is 32.5 Å². The number of rotatable bonds is 10. The van der Waals surface area contributed by atoms with E-state index in [9.17, 15) is 4.79 Å². The molecule has 6 nitrogen and oxygen atoms in total. The number of hydrogen-bond donors (Lipinski definition) is 0. The van der Waals surface area contributed by atoms with Crippen molar-refractivity contribution in [3.63, 3.8) is 0 Å². The Kier molecular flexibility index (Phi) is 7.83. The first-order valence-electron chi connectivity index (χ1n) is 11.6. The van der Waals surface area contributed by atoms with E-state index in [1.165, 1.54) is 6.26 Å². The van der Waals surface area contributed by atoms with Crippen molar-refractivity contribution < 1.29 is 4.42 Å². The average Bonchev–Trinajstić information content (AvgIpc) is 3.31. The molecule has 0 spiro atoms. The first-order chi connectivity index (χ1) is 16.5. The van der Waals surface area contributed by atoms with Crippen LogP contribution in [0, 0.1) is 0 Å². The van der Waals surface area contributed by atoms with Crippen molar-refractivity contribution in [1.82, 2.24) is 19.4 Å². The molecule has 4 rings (SSSR count). The molecule has 0 saturated heterocycles. The summed E-state index contributed by atoms with van der Waals surface area (Å²) < 4.78 is 7.39. The first kappa shape index (κ1) is 24.2. The molecule has 1 atom stereocenters. The molecule has 0 saturated carbocycles. The zero-order valence-electron chi connectivity index (χ0n) is 19.9. The van der Waals surface area contributed by atoms with Gasteiger partial charge in [-0.1, -0.05) is 61.0 Å². The lowest BCUT2D eigenvalue weighted by atomic mass is 10.1. The molecular weight excluding hydrogens is 448 g/mol. The summed E-state index contributed by atoms with van der Waals surface area (Å²) in [7, 11) is 4.14. The van der Waals surface area contributed by atoms with Crippen molar-refractivity contribution in [2.24, 2.45) is 0 Å². The van der Waals surface area contributed by atoms with Gasteiger partial charge in [0.2, 0.25) is 5.71 Å². The molecule has 0 aliphatic rings. The number of halogens is 1.